The van der Waals surface area contributed by atoms with Gasteiger partial charge in [-0.2, -0.15) is 0 Å². The summed E-state index contributed by atoms with van der Waals surface area (Å²) < 4.78 is 10.8. The summed E-state index contributed by atoms with van der Waals surface area (Å²) in [6.45, 7) is 2.98. The minimum Gasteiger partial charge on any atom is -0.472 e. The van der Waals surface area contributed by atoms with Gasteiger partial charge in [0.15, 0.2) is 0 Å². The van der Waals surface area contributed by atoms with Crippen molar-refractivity contribution in [3.05, 3.63) is 59.0 Å². The maximum atomic E-state index is 12.5. The second kappa shape index (κ2) is 5.92. The highest BCUT2D eigenvalue weighted by molar-refractivity contribution is 6.30. The minimum atomic E-state index is -0.157. The van der Waals surface area contributed by atoms with Crippen LogP contribution in [0.2, 0.25) is 5.02 Å². The van der Waals surface area contributed by atoms with E-state index in [-0.39, 0.29) is 18.1 Å². The molecule has 2 heterocycles. The van der Waals surface area contributed by atoms with Gasteiger partial charge in [0.05, 0.1) is 31.0 Å². The first kappa shape index (κ1) is 14.2. The highest BCUT2D eigenvalue weighted by Crippen LogP contribution is 2.27. The Hall–Kier alpha value is -1.78. The van der Waals surface area contributed by atoms with Gasteiger partial charge in [0, 0.05) is 5.02 Å². The van der Waals surface area contributed by atoms with Crippen LogP contribution < -0.4 is 0 Å². The van der Waals surface area contributed by atoms with Crippen molar-refractivity contribution in [1.29, 1.82) is 0 Å². The Bertz CT molecular complexity index is 626. The Morgan fingerprint density at radius 1 is 1.38 bits per heavy atom. The second-order valence-electron chi connectivity index (χ2n) is 5.20. The fraction of sp³-hybridized carbons (Fsp3) is 0.312. The molecule has 0 bridgehead atoms. The topological polar surface area (TPSA) is 42.7 Å². The lowest BCUT2D eigenvalue weighted by atomic mass is 10.1. The van der Waals surface area contributed by atoms with Gasteiger partial charge in [-0.1, -0.05) is 23.7 Å². The van der Waals surface area contributed by atoms with Crippen molar-refractivity contribution in [2.75, 3.05) is 13.2 Å². The number of amides is 1. The molecule has 1 aliphatic rings. The number of ether oxygens (including phenoxy) is 1. The third-order valence-corrected chi connectivity index (χ3v) is 3.92. The molecule has 1 aromatic carbocycles. The largest absolute Gasteiger partial charge is 0.472 e. The van der Waals surface area contributed by atoms with Gasteiger partial charge in [-0.25, -0.2) is 0 Å². The van der Waals surface area contributed by atoms with E-state index < -0.39 is 0 Å². The van der Waals surface area contributed by atoms with Gasteiger partial charge < -0.3 is 14.1 Å². The Balaban J connectivity index is 1.80. The Kier molecular flexibility index (Phi) is 3.99. The maximum absolute atomic E-state index is 12.5. The molecule has 0 N–H and O–H groups in total. The zero-order chi connectivity index (χ0) is 14.8. The third kappa shape index (κ3) is 2.96. The molecule has 1 aromatic heterocycles. The summed E-state index contributed by atoms with van der Waals surface area (Å²) in [5, 5.41) is 0.669. The van der Waals surface area contributed by atoms with E-state index in [0.717, 1.165) is 5.56 Å². The first-order valence-corrected chi connectivity index (χ1v) is 7.23. The molecule has 1 aliphatic heterocycles. The second-order valence-corrected chi connectivity index (χ2v) is 5.63. The monoisotopic (exact) mass is 305 g/mol. The van der Waals surface area contributed by atoms with Gasteiger partial charge in [-0.05, 0) is 30.7 Å². The molecule has 0 saturated carbocycles. The summed E-state index contributed by atoms with van der Waals surface area (Å²) in [5.41, 5.74) is 1.55. The lowest BCUT2D eigenvalue weighted by Gasteiger charge is -2.38. The number of furan rings is 1. The van der Waals surface area contributed by atoms with E-state index in [9.17, 15) is 4.79 Å². The zero-order valence-corrected chi connectivity index (χ0v) is 12.4. The van der Waals surface area contributed by atoms with Crippen molar-refractivity contribution in [3.63, 3.8) is 0 Å². The van der Waals surface area contributed by atoms with Gasteiger partial charge in [0.25, 0.3) is 5.91 Å². The molecule has 2 atom stereocenters. The van der Waals surface area contributed by atoms with Crippen LogP contribution in [0.25, 0.3) is 0 Å². The maximum Gasteiger partial charge on any atom is 0.257 e. The lowest BCUT2D eigenvalue weighted by Crippen LogP contribution is -2.48. The number of hydrogen-bond acceptors (Lipinski definition) is 3. The quantitative estimate of drug-likeness (QED) is 0.852. The molecule has 3 rings (SSSR count). The van der Waals surface area contributed by atoms with Crippen LogP contribution in [0.5, 0.6) is 0 Å². The molecule has 0 unspecified atom stereocenters. The standard InChI is InChI=1S/C16H16ClNO3/c1-11-9-21-15(12-3-2-4-14(17)7-12)8-18(11)16(19)13-5-6-20-10-13/h2-7,10-11,15H,8-9H2,1H3/t11-,15-/m0/s1. The first-order valence-electron chi connectivity index (χ1n) is 6.85. The Morgan fingerprint density at radius 3 is 2.95 bits per heavy atom. The van der Waals surface area contributed by atoms with Crippen LogP contribution in [0.1, 0.15) is 28.9 Å². The van der Waals surface area contributed by atoms with Crippen molar-refractivity contribution < 1.29 is 13.9 Å². The van der Waals surface area contributed by atoms with Crippen LogP contribution in [0, 0.1) is 0 Å². The van der Waals surface area contributed by atoms with Crippen LogP contribution in [0.15, 0.2) is 47.3 Å². The molecule has 0 radical (unpaired) electrons. The summed E-state index contributed by atoms with van der Waals surface area (Å²) >= 11 is 6.02. The number of carbonyl (C=O) groups excluding carboxylic acids is 1. The molecule has 1 saturated heterocycles. The van der Waals surface area contributed by atoms with Crippen LogP contribution in [0.4, 0.5) is 0 Å². The van der Waals surface area contributed by atoms with Crippen molar-refractivity contribution in [2.45, 2.75) is 19.1 Å². The molecule has 21 heavy (non-hydrogen) atoms. The fourth-order valence-electron chi connectivity index (χ4n) is 2.50. The van der Waals surface area contributed by atoms with Crippen molar-refractivity contribution in [3.8, 4) is 0 Å². The number of halogens is 1. The van der Waals surface area contributed by atoms with E-state index in [1.807, 2.05) is 36.1 Å². The highest BCUT2D eigenvalue weighted by Gasteiger charge is 2.31. The number of hydrogen-bond donors (Lipinski definition) is 0. The highest BCUT2D eigenvalue weighted by atomic mass is 35.5. The number of rotatable bonds is 2. The summed E-state index contributed by atoms with van der Waals surface area (Å²) in [7, 11) is 0. The molecule has 110 valence electrons. The summed E-state index contributed by atoms with van der Waals surface area (Å²) in [6, 6.07) is 9.27. The Morgan fingerprint density at radius 2 is 2.24 bits per heavy atom. The molecule has 1 amide bonds. The fourth-order valence-corrected chi connectivity index (χ4v) is 2.70. The summed E-state index contributed by atoms with van der Waals surface area (Å²) in [6.07, 6.45) is 2.82. The average Bonchev–Trinajstić information content (AvgIpc) is 3.01. The predicted molar refractivity (Wildman–Crippen MR) is 79.4 cm³/mol. The average molecular weight is 306 g/mol. The van der Waals surface area contributed by atoms with Crippen molar-refractivity contribution >= 4 is 17.5 Å². The zero-order valence-electron chi connectivity index (χ0n) is 11.7. The van der Waals surface area contributed by atoms with E-state index in [4.69, 9.17) is 20.8 Å². The van der Waals surface area contributed by atoms with Gasteiger partial charge in [-0.15, -0.1) is 0 Å². The van der Waals surface area contributed by atoms with Crippen LogP contribution in [-0.2, 0) is 4.74 Å². The van der Waals surface area contributed by atoms with E-state index >= 15 is 0 Å². The minimum absolute atomic E-state index is 0.0304. The molecular formula is C16H16ClNO3. The predicted octanol–water partition coefficient (Wildman–Crippen LogP) is 3.54. The summed E-state index contributed by atoms with van der Waals surface area (Å²) in [4.78, 5) is 14.3. The third-order valence-electron chi connectivity index (χ3n) is 3.68. The van der Waals surface area contributed by atoms with E-state index in [2.05, 4.69) is 0 Å². The van der Waals surface area contributed by atoms with Crippen molar-refractivity contribution in [1.82, 2.24) is 4.90 Å². The molecule has 2 aromatic rings. The van der Waals surface area contributed by atoms with Crippen molar-refractivity contribution in [2.24, 2.45) is 0 Å². The number of morpholine rings is 1. The lowest BCUT2D eigenvalue weighted by molar-refractivity contribution is -0.0486. The molecule has 0 spiro atoms. The SMILES string of the molecule is C[C@H]1CO[C@H](c2cccc(Cl)c2)CN1C(=O)c1ccoc1. The van der Waals surface area contributed by atoms with Crippen LogP contribution in [-0.4, -0.2) is 30.0 Å². The molecular weight excluding hydrogens is 290 g/mol. The number of carbonyl (C=O) groups is 1. The van der Waals surface area contributed by atoms with Gasteiger partial charge in [0.2, 0.25) is 0 Å². The normalized spacial score (nSPS) is 22.3. The van der Waals surface area contributed by atoms with E-state index in [0.29, 0.717) is 23.7 Å². The first-order chi connectivity index (χ1) is 10.1. The van der Waals surface area contributed by atoms with E-state index in [1.165, 1.54) is 12.5 Å². The van der Waals surface area contributed by atoms with Crippen LogP contribution >= 0.6 is 11.6 Å². The molecule has 1 fully saturated rings. The van der Waals surface area contributed by atoms with Gasteiger partial charge >= 0.3 is 0 Å². The molecule has 4 nitrogen and oxygen atoms in total. The van der Waals surface area contributed by atoms with E-state index in [1.54, 1.807) is 6.07 Å². The molecule has 0 aliphatic carbocycles. The van der Waals surface area contributed by atoms with Gasteiger partial charge in [0.1, 0.15) is 12.4 Å². The summed E-state index contributed by atoms with van der Waals surface area (Å²) in [5.74, 6) is -0.0356. The Labute approximate surface area is 128 Å². The smallest absolute Gasteiger partial charge is 0.257 e. The van der Waals surface area contributed by atoms with Gasteiger partial charge in [-0.3, -0.25) is 4.79 Å². The number of nitrogens with zero attached hydrogens (tertiary/aromatic N) is 1. The van der Waals surface area contributed by atoms with Crippen LogP contribution in [0.3, 0.4) is 0 Å². The molecule has 5 heteroatoms. The number of benzene rings is 1.